The van der Waals surface area contributed by atoms with E-state index in [2.05, 4.69) is 4.98 Å². The summed E-state index contributed by atoms with van der Waals surface area (Å²) in [5.74, 6) is 0. The summed E-state index contributed by atoms with van der Waals surface area (Å²) in [5, 5.41) is 0.676. The van der Waals surface area contributed by atoms with Crippen LogP contribution in [0.15, 0.2) is 35.4 Å². The lowest BCUT2D eigenvalue weighted by molar-refractivity contribution is 0.292. The summed E-state index contributed by atoms with van der Waals surface area (Å²) >= 11 is 0. The monoisotopic (exact) mass is 305 g/mol. The fraction of sp³-hybridized carbons (Fsp3) is 0.400. The Balaban J connectivity index is 2.23. The third-order valence-electron chi connectivity index (χ3n) is 4.16. The van der Waals surface area contributed by atoms with E-state index in [-0.39, 0.29) is 10.4 Å². The molecule has 0 spiro atoms. The molecule has 2 aromatic rings. The summed E-state index contributed by atoms with van der Waals surface area (Å²) < 4.78 is 27.6. The van der Waals surface area contributed by atoms with Crippen LogP contribution < -0.4 is 5.73 Å². The Kier molecular flexibility index (Phi) is 3.18. The zero-order valence-corrected chi connectivity index (χ0v) is 13.0. The molecule has 1 aromatic heterocycles. The van der Waals surface area contributed by atoms with Gasteiger partial charge in [0, 0.05) is 29.4 Å². The Morgan fingerprint density at radius 3 is 2.71 bits per heavy atom. The molecular weight excluding hydrogens is 286 g/mol. The van der Waals surface area contributed by atoms with E-state index in [9.17, 15) is 8.42 Å². The van der Waals surface area contributed by atoms with Crippen LogP contribution in [-0.4, -0.2) is 29.8 Å². The van der Waals surface area contributed by atoms with Gasteiger partial charge in [0.15, 0.2) is 0 Å². The Morgan fingerprint density at radius 1 is 1.29 bits per heavy atom. The van der Waals surface area contributed by atoms with Crippen molar-refractivity contribution in [1.82, 2.24) is 9.29 Å². The molecule has 3 rings (SSSR count). The van der Waals surface area contributed by atoms with Crippen molar-refractivity contribution in [2.24, 2.45) is 0 Å². The smallest absolute Gasteiger partial charge is 0.245 e. The molecule has 0 amide bonds. The van der Waals surface area contributed by atoms with Crippen LogP contribution in [0.25, 0.3) is 10.9 Å². The van der Waals surface area contributed by atoms with Gasteiger partial charge < -0.3 is 5.73 Å². The third kappa shape index (κ3) is 2.18. The van der Waals surface area contributed by atoms with Gasteiger partial charge in [0.05, 0.1) is 5.52 Å². The molecule has 0 aliphatic carbocycles. The van der Waals surface area contributed by atoms with Gasteiger partial charge in [-0.3, -0.25) is 4.98 Å². The van der Waals surface area contributed by atoms with E-state index in [0.717, 1.165) is 12.8 Å². The van der Waals surface area contributed by atoms with E-state index in [0.29, 0.717) is 23.1 Å². The number of sulfonamides is 1. The Labute approximate surface area is 124 Å². The first-order chi connectivity index (χ1) is 9.84. The van der Waals surface area contributed by atoms with Crippen LogP contribution >= 0.6 is 0 Å². The Hall–Kier alpha value is -1.66. The first kappa shape index (κ1) is 14.3. The number of benzene rings is 1. The van der Waals surface area contributed by atoms with Crippen molar-refractivity contribution in [3.8, 4) is 0 Å². The molecule has 0 bridgehead atoms. The zero-order chi connectivity index (χ0) is 15.3. The van der Waals surface area contributed by atoms with Crippen LogP contribution in [0.5, 0.6) is 0 Å². The van der Waals surface area contributed by atoms with E-state index in [1.807, 2.05) is 13.8 Å². The average Bonchev–Trinajstić information content (AvgIpc) is 2.79. The number of pyridine rings is 1. The second kappa shape index (κ2) is 4.68. The van der Waals surface area contributed by atoms with Crippen LogP contribution in [0, 0.1) is 0 Å². The summed E-state index contributed by atoms with van der Waals surface area (Å²) in [4.78, 5) is 4.48. The quantitative estimate of drug-likeness (QED) is 0.864. The second-order valence-electron chi connectivity index (χ2n) is 6.05. The van der Waals surface area contributed by atoms with Gasteiger partial charge in [0.2, 0.25) is 10.0 Å². The largest absolute Gasteiger partial charge is 0.398 e. The maximum Gasteiger partial charge on any atom is 0.245 e. The third-order valence-corrected chi connectivity index (χ3v) is 6.30. The lowest BCUT2D eigenvalue weighted by Crippen LogP contribution is -2.42. The highest BCUT2D eigenvalue weighted by molar-refractivity contribution is 7.89. The van der Waals surface area contributed by atoms with Crippen LogP contribution in [0.1, 0.15) is 26.7 Å². The van der Waals surface area contributed by atoms with Gasteiger partial charge in [-0.05, 0) is 51.0 Å². The summed E-state index contributed by atoms with van der Waals surface area (Å²) in [6.45, 7) is 4.48. The SMILES string of the molecule is CC1(C)CCCN1S(=O)(=O)c1ccc(N)c2cccnc12. The van der Waals surface area contributed by atoms with Crippen molar-refractivity contribution in [3.05, 3.63) is 30.5 Å². The van der Waals surface area contributed by atoms with Gasteiger partial charge in [0.1, 0.15) is 4.90 Å². The molecule has 1 aliphatic heterocycles. The van der Waals surface area contributed by atoms with Crippen LogP contribution in [-0.2, 0) is 10.0 Å². The molecule has 0 unspecified atom stereocenters. The van der Waals surface area contributed by atoms with Crippen molar-refractivity contribution < 1.29 is 8.42 Å². The molecule has 0 saturated carbocycles. The fourth-order valence-corrected chi connectivity index (χ4v) is 5.02. The van der Waals surface area contributed by atoms with Gasteiger partial charge in [-0.15, -0.1) is 0 Å². The van der Waals surface area contributed by atoms with E-state index >= 15 is 0 Å². The molecule has 2 N–H and O–H groups in total. The topological polar surface area (TPSA) is 76.3 Å². The van der Waals surface area contributed by atoms with Crippen molar-refractivity contribution in [2.75, 3.05) is 12.3 Å². The average molecular weight is 305 g/mol. The molecule has 5 nitrogen and oxygen atoms in total. The number of hydrogen-bond acceptors (Lipinski definition) is 4. The first-order valence-corrected chi connectivity index (χ1v) is 8.44. The lowest BCUT2D eigenvalue weighted by atomic mass is 10.0. The summed E-state index contributed by atoms with van der Waals surface area (Å²) in [5.41, 5.74) is 6.55. The van der Waals surface area contributed by atoms with Crippen LogP contribution in [0.2, 0.25) is 0 Å². The number of nitrogen functional groups attached to an aromatic ring is 1. The van der Waals surface area contributed by atoms with Gasteiger partial charge in [-0.2, -0.15) is 4.31 Å². The van der Waals surface area contributed by atoms with E-state index in [1.54, 1.807) is 34.8 Å². The number of rotatable bonds is 2. The minimum absolute atomic E-state index is 0.238. The number of anilines is 1. The molecule has 112 valence electrons. The normalized spacial score (nSPS) is 19.1. The van der Waals surface area contributed by atoms with Crippen LogP contribution in [0.4, 0.5) is 5.69 Å². The highest BCUT2D eigenvalue weighted by Crippen LogP contribution is 2.36. The van der Waals surface area contributed by atoms with E-state index in [1.165, 1.54) is 0 Å². The molecule has 6 heteroatoms. The molecule has 0 atom stereocenters. The van der Waals surface area contributed by atoms with Crippen molar-refractivity contribution in [2.45, 2.75) is 37.1 Å². The second-order valence-corrected chi connectivity index (χ2v) is 7.88. The van der Waals surface area contributed by atoms with Crippen LogP contribution in [0.3, 0.4) is 0 Å². The molecular formula is C15H19N3O2S. The maximum absolute atomic E-state index is 13.0. The number of aromatic nitrogens is 1. The predicted octanol–water partition coefficient (Wildman–Crippen LogP) is 2.38. The van der Waals surface area contributed by atoms with Gasteiger partial charge in [0.25, 0.3) is 0 Å². The highest BCUT2D eigenvalue weighted by Gasteiger charge is 2.41. The number of hydrogen-bond donors (Lipinski definition) is 1. The molecule has 0 radical (unpaired) electrons. The van der Waals surface area contributed by atoms with Gasteiger partial charge in [-0.25, -0.2) is 8.42 Å². The molecule has 1 fully saturated rings. The van der Waals surface area contributed by atoms with E-state index in [4.69, 9.17) is 5.73 Å². The molecule has 21 heavy (non-hydrogen) atoms. The molecule has 1 aromatic carbocycles. The van der Waals surface area contributed by atoms with Gasteiger partial charge >= 0.3 is 0 Å². The summed E-state index contributed by atoms with van der Waals surface area (Å²) in [6.07, 6.45) is 3.34. The maximum atomic E-state index is 13.0. The molecule has 1 aliphatic rings. The number of fused-ring (bicyclic) bond motifs is 1. The first-order valence-electron chi connectivity index (χ1n) is 7.00. The minimum atomic E-state index is -3.57. The van der Waals surface area contributed by atoms with Crippen molar-refractivity contribution >= 4 is 26.6 Å². The summed E-state index contributed by atoms with van der Waals surface area (Å²) in [7, 11) is -3.57. The minimum Gasteiger partial charge on any atom is -0.398 e. The summed E-state index contributed by atoms with van der Waals surface area (Å²) in [6, 6.07) is 6.76. The highest BCUT2D eigenvalue weighted by atomic mass is 32.2. The number of nitrogens with zero attached hydrogens (tertiary/aromatic N) is 2. The van der Waals surface area contributed by atoms with Gasteiger partial charge in [-0.1, -0.05) is 0 Å². The predicted molar refractivity (Wildman–Crippen MR) is 83.4 cm³/mol. The van der Waals surface area contributed by atoms with E-state index < -0.39 is 10.0 Å². The zero-order valence-electron chi connectivity index (χ0n) is 12.2. The molecule has 1 saturated heterocycles. The number of nitrogens with two attached hydrogens (primary N) is 1. The standard InChI is InChI=1S/C15H19N3O2S/c1-15(2)8-4-10-18(15)21(19,20)13-7-6-12(16)11-5-3-9-17-14(11)13/h3,5-7,9H,4,8,10,16H2,1-2H3. The lowest BCUT2D eigenvalue weighted by Gasteiger charge is -2.30. The van der Waals surface area contributed by atoms with Crippen molar-refractivity contribution in [3.63, 3.8) is 0 Å². The van der Waals surface area contributed by atoms with Crippen molar-refractivity contribution in [1.29, 1.82) is 0 Å². The Morgan fingerprint density at radius 2 is 2.05 bits per heavy atom. The molecule has 2 heterocycles. The Bertz CT molecular complexity index is 800. The fourth-order valence-electron chi connectivity index (χ4n) is 3.02.